The minimum atomic E-state index is -0.549. The summed E-state index contributed by atoms with van der Waals surface area (Å²) in [7, 11) is 4.78. The van der Waals surface area contributed by atoms with Crippen molar-refractivity contribution in [3.8, 4) is 11.5 Å². The number of aliphatic hydroxyl groups excluding tert-OH is 1. The van der Waals surface area contributed by atoms with E-state index in [2.05, 4.69) is 5.32 Å². The molecule has 0 fully saturated rings. The third-order valence-corrected chi connectivity index (χ3v) is 2.78. The van der Waals surface area contributed by atoms with Crippen molar-refractivity contribution in [3.05, 3.63) is 23.8 Å². The first-order valence-corrected chi connectivity index (χ1v) is 6.35. The van der Waals surface area contributed by atoms with E-state index in [1.165, 1.54) is 4.90 Å². The predicted molar refractivity (Wildman–Crippen MR) is 76.1 cm³/mol. The lowest BCUT2D eigenvalue weighted by Gasteiger charge is -2.19. The maximum absolute atomic E-state index is 11.8. The fourth-order valence-corrected chi connectivity index (χ4v) is 1.78. The number of benzene rings is 1. The summed E-state index contributed by atoms with van der Waals surface area (Å²) in [6.07, 6.45) is -0.549. The summed E-state index contributed by atoms with van der Waals surface area (Å²) >= 11 is 0. The highest BCUT2D eigenvalue weighted by Gasteiger charge is 2.11. The van der Waals surface area contributed by atoms with Gasteiger partial charge in [0.25, 0.3) is 0 Å². The predicted octanol–water partition coefficient (Wildman–Crippen LogP) is 1.23. The van der Waals surface area contributed by atoms with E-state index in [-0.39, 0.29) is 12.6 Å². The van der Waals surface area contributed by atoms with Crippen LogP contribution in [0.1, 0.15) is 12.5 Å². The second kappa shape index (κ2) is 7.59. The molecule has 0 saturated carbocycles. The van der Waals surface area contributed by atoms with Crippen molar-refractivity contribution >= 4 is 6.03 Å². The largest absolute Gasteiger partial charge is 0.493 e. The Balaban J connectivity index is 2.59. The van der Waals surface area contributed by atoms with Crippen LogP contribution >= 0.6 is 0 Å². The molecule has 0 radical (unpaired) electrons. The van der Waals surface area contributed by atoms with Gasteiger partial charge in [-0.15, -0.1) is 0 Å². The van der Waals surface area contributed by atoms with Gasteiger partial charge in [0.2, 0.25) is 0 Å². The molecule has 0 aliphatic heterocycles. The number of nitrogens with one attached hydrogen (secondary N) is 1. The van der Waals surface area contributed by atoms with Crippen molar-refractivity contribution < 1.29 is 19.4 Å². The summed E-state index contributed by atoms with van der Waals surface area (Å²) in [4.78, 5) is 13.2. The van der Waals surface area contributed by atoms with Crippen LogP contribution in [-0.2, 0) is 6.54 Å². The smallest absolute Gasteiger partial charge is 0.317 e. The van der Waals surface area contributed by atoms with Gasteiger partial charge in [-0.3, -0.25) is 0 Å². The first-order valence-electron chi connectivity index (χ1n) is 6.35. The molecule has 1 aromatic carbocycles. The summed E-state index contributed by atoms with van der Waals surface area (Å²) in [5.74, 6) is 1.27. The number of hydrogen-bond donors (Lipinski definition) is 2. The zero-order valence-electron chi connectivity index (χ0n) is 12.3. The third kappa shape index (κ3) is 4.62. The maximum Gasteiger partial charge on any atom is 0.317 e. The first-order chi connectivity index (χ1) is 9.47. The molecule has 1 rings (SSSR count). The van der Waals surface area contributed by atoms with Crippen molar-refractivity contribution in [2.75, 3.05) is 27.8 Å². The molecule has 0 spiro atoms. The van der Waals surface area contributed by atoms with Crippen LogP contribution in [0.3, 0.4) is 0 Å². The first kappa shape index (κ1) is 16.1. The van der Waals surface area contributed by atoms with E-state index in [1.54, 1.807) is 34.3 Å². The molecule has 6 heteroatoms. The standard InChI is InChI=1S/C14H22N2O4/c1-10(17)9-16(2)14(18)15-8-11-5-6-12(19-3)13(7-11)20-4/h5-7,10,17H,8-9H2,1-4H3,(H,15,18)/t10-/m0/s1. The van der Waals surface area contributed by atoms with Gasteiger partial charge in [0.1, 0.15) is 0 Å². The number of carbonyl (C=O) groups is 1. The molecule has 0 aromatic heterocycles. The van der Waals surface area contributed by atoms with Crippen LogP contribution in [0.25, 0.3) is 0 Å². The summed E-state index contributed by atoms with van der Waals surface area (Å²) < 4.78 is 10.4. The van der Waals surface area contributed by atoms with Crippen LogP contribution in [0.5, 0.6) is 11.5 Å². The molecule has 2 amide bonds. The van der Waals surface area contributed by atoms with E-state index in [0.717, 1.165) is 5.56 Å². The van der Waals surface area contributed by atoms with Gasteiger partial charge in [-0.2, -0.15) is 0 Å². The van der Waals surface area contributed by atoms with Gasteiger partial charge in [-0.25, -0.2) is 4.79 Å². The van der Waals surface area contributed by atoms with E-state index < -0.39 is 6.10 Å². The number of carbonyl (C=O) groups excluding carboxylic acids is 1. The Bertz CT molecular complexity index is 449. The molecular formula is C14H22N2O4. The quantitative estimate of drug-likeness (QED) is 0.823. The van der Waals surface area contributed by atoms with Crippen LogP contribution in [0.2, 0.25) is 0 Å². The molecule has 0 heterocycles. The lowest BCUT2D eigenvalue weighted by atomic mass is 10.2. The highest BCUT2D eigenvalue weighted by molar-refractivity contribution is 5.73. The molecule has 0 aliphatic carbocycles. The van der Waals surface area contributed by atoms with Gasteiger partial charge in [0.05, 0.1) is 20.3 Å². The number of aliphatic hydroxyl groups is 1. The Morgan fingerprint density at radius 1 is 1.35 bits per heavy atom. The highest BCUT2D eigenvalue weighted by Crippen LogP contribution is 2.27. The van der Waals surface area contributed by atoms with Crippen molar-refractivity contribution in [1.29, 1.82) is 0 Å². The van der Waals surface area contributed by atoms with Gasteiger partial charge < -0.3 is 24.8 Å². The summed E-state index contributed by atoms with van der Waals surface area (Å²) in [5.41, 5.74) is 0.904. The molecule has 112 valence electrons. The fourth-order valence-electron chi connectivity index (χ4n) is 1.78. The molecule has 6 nitrogen and oxygen atoms in total. The Kier molecular flexibility index (Phi) is 6.11. The molecule has 0 bridgehead atoms. The van der Waals surface area contributed by atoms with Gasteiger partial charge in [-0.1, -0.05) is 6.07 Å². The molecule has 1 aromatic rings. The number of amides is 2. The minimum absolute atomic E-state index is 0.235. The van der Waals surface area contributed by atoms with Crippen LogP contribution in [-0.4, -0.2) is 50.0 Å². The van der Waals surface area contributed by atoms with Crippen LogP contribution in [0, 0.1) is 0 Å². The SMILES string of the molecule is COc1ccc(CNC(=O)N(C)C[C@H](C)O)cc1OC. The summed E-state index contributed by atoms with van der Waals surface area (Å²) in [6.45, 7) is 2.30. The molecular weight excluding hydrogens is 260 g/mol. The molecule has 0 aliphatic rings. The zero-order valence-corrected chi connectivity index (χ0v) is 12.3. The number of ether oxygens (including phenoxy) is 2. The van der Waals surface area contributed by atoms with E-state index >= 15 is 0 Å². The van der Waals surface area contributed by atoms with Crippen LogP contribution in [0.4, 0.5) is 4.79 Å². The second-order valence-electron chi connectivity index (χ2n) is 4.58. The Morgan fingerprint density at radius 3 is 2.55 bits per heavy atom. The summed E-state index contributed by atoms with van der Waals surface area (Å²) in [5, 5.41) is 12.0. The molecule has 2 N–H and O–H groups in total. The van der Waals surface area contributed by atoms with Gasteiger partial charge in [0.15, 0.2) is 11.5 Å². The van der Waals surface area contributed by atoms with Gasteiger partial charge >= 0.3 is 6.03 Å². The average Bonchev–Trinajstić information content (AvgIpc) is 2.43. The number of rotatable bonds is 6. The summed E-state index contributed by atoms with van der Waals surface area (Å²) in [6, 6.07) is 5.23. The topological polar surface area (TPSA) is 71.0 Å². The van der Waals surface area contributed by atoms with Gasteiger partial charge in [0, 0.05) is 20.1 Å². The average molecular weight is 282 g/mol. The van der Waals surface area contributed by atoms with E-state index in [9.17, 15) is 9.90 Å². The fraction of sp³-hybridized carbons (Fsp3) is 0.500. The Labute approximate surface area is 119 Å². The maximum atomic E-state index is 11.8. The molecule has 0 saturated heterocycles. The number of methoxy groups -OCH3 is 2. The Morgan fingerprint density at radius 2 is 2.00 bits per heavy atom. The van der Waals surface area contributed by atoms with Crippen molar-refractivity contribution in [2.45, 2.75) is 19.6 Å². The van der Waals surface area contributed by atoms with Crippen molar-refractivity contribution in [3.63, 3.8) is 0 Å². The van der Waals surface area contributed by atoms with Crippen molar-refractivity contribution in [2.24, 2.45) is 0 Å². The second-order valence-corrected chi connectivity index (χ2v) is 4.58. The minimum Gasteiger partial charge on any atom is -0.493 e. The van der Waals surface area contributed by atoms with E-state index in [4.69, 9.17) is 9.47 Å². The lowest BCUT2D eigenvalue weighted by Crippen LogP contribution is -2.40. The normalized spacial score (nSPS) is 11.7. The van der Waals surface area contributed by atoms with E-state index in [0.29, 0.717) is 18.0 Å². The van der Waals surface area contributed by atoms with Gasteiger partial charge in [-0.05, 0) is 24.6 Å². The molecule has 20 heavy (non-hydrogen) atoms. The third-order valence-electron chi connectivity index (χ3n) is 2.78. The Hall–Kier alpha value is -1.95. The van der Waals surface area contributed by atoms with Crippen LogP contribution in [0.15, 0.2) is 18.2 Å². The number of urea groups is 1. The highest BCUT2D eigenvalue weighted by atomic mass is 16.5. The monoisotopic (exact) mass is 282 g/mol. The molecule has 1 atom stereocenters. The lowest BCUT2D eigenvalue weighted by molar-refractivity contribution is 0.143. The molecule has 0 unspecified atom stereocenters. The van der Waals surface area contributed by atoms with Crippen LogP contribution < -0.4 is 14.8 Å². The number of hydrogen-bond acceptors (Lipinski definition) is 4. The number of likely N-dealkylation sites (N-methyl/N-ethyl adjacent to an activating group) is 1. The zero-order chi connectivity index (χ0) is 15.1. The van der Waals surface area contributed by atoms with E-state index in [1.807, 2.05) is 12.1 Å². The number of nitrogens with zero attached hydrogens (tertiary/aromatic N) is 1. The van der Waals surface area contributed by atoms with Crippen molar-refractivity contribution in [1.82, 2.24) is 10.2 Å².